The molecule has 3 saturated carbocycles. The topological polar surface area (TPSA) is 113 Å². The van der Waals surface area contributed by atoms with Crippen LogP contribution in [0.25, 0.3) is 0 Å². The number of methoxy groups -OCH3 is 1. The number of fused-ring (bicyclic) bond motifs is 3. The molecule has 8 heteroatoms. The summed E-state index contributed by atoms with van der Waals surface area (Å²) in [6.07, 6.45) is 11.2. The van der Waals surface area contributed by atoms with E-state index in [1.165, 1.54) is 6.92 Å². The predicted octanol–water partition coefficient (Wildman–Crippen LogP) is 1.64. The molecule has 7 atom stereocenters. The number of Topliss-reactive ketones (excluding diaryl/α,β-unsaturated/α-hetero) is 1. The van der Waals surface area contributed by atoms with Crippen LogP contribution in [0.5, 0.6) is 0 Å². The van der Waals surface area contributed by atoms with Crippen LogP contribution in [0.4, 0.5) is 0 Å². The largest absolute Gasteiger partial charge is 1.00 e. The molecule has 0 spiro atoms. The van der Waals surface area contributed by atoms with Crippen molar-refractivity contribution in [1.82, 2.24) is 0 Å². The quantitative estimate of drug-likeness (QED) is 0.153. The number of rotatable bonds is 8. The third-order valence-corrected chi connectivity index (χ3v) is 10.1. The molecule has 0 radical (unpaired) electrons. The first kappa shape index (κ1) is 35.7. The first-order chi connectivity index (χ1) is 18.4. The van der Waals surface area contributed by atoms with Gasteiger partial charge < -0.3 is 24.5 Å². The van der Waals surface area contributed by atoms with Gasteiger partial charge in [0.05, 0.1) is 17.7 Å². The Morgan fingerprint density at radius 1 is 1.10 bits per heavy atom. The van der Waals surface area contributed by atoms with Crippen molar-refractivity contribution in [3.05, 3.63) is 47.1 Å². The van der Waals surface area contributed by atoms with Crippen molar-refractivity contribution < 1.29 is 63.6 Å². The summed E-state index contributed by atoms with van der Waals surface area (Å²) >= 11 is 0. The number of carboxylic acid groups (broad SMARTS) is 1. The zero-order valence-electron chi connectivity index (χ0n) is 26.6. The number of carboxylic acids is 1. The smallest absolute Gasteiger partial charge is 0.549 e. The molecule has 3 fully saturated rings. The summed E-state index contributed by atoms with van der Waals surface area (Å²) in [5.74, 6) is -1.83. The molecule has 3 aliphatic rings. The number of aliphatic carboxylic acids is 1. The van der Waals surface area contributed by atoms with Crippen LogP contribution in [0.3, 0.4) is 0 Å². The first-order valence-corrected chi connectivity index (χ1v) is 14.3. The molecule has 0 bridgehead atoms. The summed E-state index contributed by atoms with van der Waals surface area (Å²) in [6.45, 7) is 14.6. The fourth-order valence-corrected chi connectivity index (χ4v) is 8.17. The summed E-state index contributed by atoms with van der Waals surface area (Å²) in [4.78, 5) is 38.0. The van der Waals surface area contributed by atoms with Crippen LogP contribution in [-0.4, -0.2) is 47.7 Å². The van der Waals surface area contributed by atoms with E-state index in [1.54, 1.807) is 34.0 Å². The van der Waals surface area contributed by atoms with E-state index in [0.29, 0.717) is 32.1 Å². The molecule has 222 valence electrons. The fourth-order valence-electron chi connectivity index (χ4n) is 8.17. The van der Waals surface area contributed by atoms with Gasteiger partial charge >= 0.3 is 35.5 Å². The fraction of sp³-hybridized carbons (Fsp3) is 0.667. The number of allylic oxidation sites excluding steroid dienone is 5. The summed E-state index contributed by atoms with van der Waals surface area (Å²) in [5.41, 5.74) is -0.324. The molecule has 0 amide bonds. The second-order valence-electron chi connectivity index (χ2n) is 13.4. The van der Waals surface area contributed by atoms with E-state index in [9.17, 15) is 24.6 Å². The normalized spacial score (nSPS) is 36.0. The Morgan fingerprint density at radius 3 is 2.27 bits per heavy atom. The van der Waals surface area contributed by atoms with Crippen molar-refractivity contribution in [2.75, 3.05) is 7.11 Å². The van der Waals surface area contributed by atoms with Crippen molar-refractivity contribution in [3.63, 3.8) is 0 Å². The Labute approximate surface area is 267 Å². The minimum Gasteiger partial charge on any atom is -0.549 e. The van der Waals surface area contributed by atoms with Crippen LogP contribution < -0.4 is 34.7 Å². The summed E-state index contributed by atoms with van der Waals surface area (Å²) in [6, 6.07) is 0. The zero-order chi connectivity index (χ0) is 30.3. The minimum absolute atomic E-state index is 0. The number of hydrogen-bond acceptors (Lipinski definition) is 7. The van der Waals surface area contributed by atoms with Crippen molar-refractivity contribution in [2.45, 2.75) is 105 Å². The van der Waals surface area contributed by atoms with Crippen LogP contribution in [0.15, 0.2) is 47.1 Å². The molecule has 0 aromatic carbocycles. The van der Waals surface area contributed by atoms with Gasteiger partial charge in [0.15, 0.2) is 5.78 Å². The molecule has 1 N–H and O–H groups in total. The number of aliphatic hydroxyl groups is 1. The molecule has 0 heterocycles. The number of carbonyl (C=O) groups excluding carboxylic acids is 3. The standard InChI is InChI=1S/C33H48O7.Na/c1-20(24(39-9)13-16-30(4,5)38)11-10-12-21(2)28-23(35)19-26-31(6)18-15-27(40-22(3)34)33(8,29(36)37)25(31)14-17-32(26,28)7;/h10-13,16,24-27,38H,14-15,17-19H2,1-9H3,(H,36,37);/q;+1/p-1/b12-10+,16-13+,20-11-,28-21+;/t24?,25-,26+,27?,31+,32+,33?;/m1./s1. The maximum absolute atomic E-state index is 13.6. The molecule has 0 aromatic rings. The Morgan fingerprint density at radius 2 is 1.73 bits per heavy atom. The Kier molecular flexibility index (Phi) is 11.3. The number of hydrogen-bond donors (Lipinski definition) is 1. The molecule has 0 saturated heterocycles. The molecular formula is C33H47NaO7. The van der Waals surface area contributed by atoms with Crippen molar-refractivity contribution in [2.24, 2.45) is 28.1 Å². The van der Waals surface area contributed by atoms with E-state index < -0.39 is 34.5 Å². The monoisotopic (exact) mass is 578 g/mol. The SMILES string of the molecule is COC(/C=C/C(C)(C)O)\C(C)=C/C=C/C(C)=C1\C(=O)C[C@H]2[C@@]3(C)CCC(OC(C)=O)C(C)(C(=O)[O-])[C@@H]3CC[C@]12C.[Na+]. The molecular weight excluding hydrogens is 531 g/mol. The Balaban J connectivity index is 0.00000588. The van der Waals surface area contributed by atoms with E-state index >= 15 is 0 Å². The maximum atomic E-state index is 13.6. The Bertz CT molecular complexity index is 1160. The summed E-state index contributed by atoms with van der Waals surface area (Å²) in [7, 11) is 1.62. The molecule has 3 rings (SSSR count). The van der Waals surface area contributed by atoms with Gasteiger partial charge in [-0.1, -0.05) is 51.2 Å². The number of ketones is 1. The Hall–Kier alpha value is -1.51. The molecule has 7 nitrogen and oxygen atoms in total. The minimum atomic E-state index is -1.32. The third kappa shape index (κ3) is 6.85. The van der Waals surface area contributed by atoms with E-state index in [0.717, 1.165) is 16.7 Å². The van der Waals surface area contributed by atoms with E-state index in [-0.39, 0.29) is 58.7 Å². The maximum Gasteiger partial charge on any atom is 1.00 e. The van der Waals surface area contributed by atoms with Gasteiger partial charge in [-0.15, -0.1) is 0 Å². The number of esters is 1. The average molecular weight is 579 g/mol. The molecule has 3 unspecified atom stereocenters. The second-order valence-corrected chi connectivity index (χ2v) is 13.4. The van der Waals surface area contributed by atoms with Gasteiger partial charge in [0.1, 0.15) is 6.10 Å². The van der Waals surface area contributed by atoms with Gasteiger partial charge in [-0.3, -0.25) is 9.59 Å². The van der Waals surface area contributed by atoms with Gasteiger partial charge in [0, 0.05) is 36.9 Å². The predicted molar refractivity (Wildman–Crippen MR) is 152 cm³/mol. The number of carbonyl (C=O) groups is 3. The van der Waals surface area contributed by atoms with Crippen LogP contribution in [0.2, 0.25) is 0 Å². The molecule has 41 heavy (non-hydrogen) atoms. The van der Waals surface area contributed by atoms with Gasteiger partial charge in [-0.25, -0.2) is 0 Å². The second kappa shape index (κ2) is 13.0. The van der Waals surface area contributed by atoms with Crippen molar-refractivity contribution in [1.29, 1.82) is 0 Å². The summed E-state index contributed by atoms with van der Waals surface area (Å²) < 4.78 is 11.1. The van der Waals surface area contributed by atoms with E-state index in [2.05, 4.69) is 13.8 Å². The molecule has 3 aliphatic carbocycles. The zero-order valence-corrected chi connectivity index (χ0v) is 28.6. The molecule has 0 aliphatic heterocycles. The van der Waals surface area contributed by atoms with Gasteiger partial charge in [0.2, 0.25) is 0 Å². The average Bonchev–Trinajstić information content (AvgIpc) is 3.11. The van der Waals surface area contributed by atoms with Gasteiger partial charge in [-0.05, 0) is 81.8 Å². The third-order valence-electron chi connectivity index (χ3n) is 10.1. The van der Waals surface area contributed by atoms with E-state index in [1.807, 2.05) is 38.2 Å². The van der Waals surface area contributed by atoms with Crippen LogP contribution >= 0.6 is 0 Å². The van der Waals surface area contributed by atoms with Crippen molar-refractivity contribution in [3.8, 4) is 0 Å². The molecule has 0 aromatic heterocycles. The van der Waals surface area contributed by atoms with Crippen molar-refractivity contribution >= 4 is 17.7 Å². The first-order valence-electron chi connectivity index (χ1n) is 14.3. The van der Waals surface area contributed by atoms with Crippen LogP contribution in [0, 0.1) is 28.1 Å². The summed E-state index contributed by atoms with van der Waals surface area (Å²) in [5, 5.41) is 22.6. The van der Waals surface area contributed by atoms with Crippen LogP contribution in [0.1, 0.15) is 87.5 Å². The van der Waals surface area contributed by atoms with E-state index in [4.69, 9.17) is 9.47 Å². The van der Waals surface area contributed by atoms with Crippen LogP contribution in [-0.2, 0) is 23.9 Å². The van der Waals surface area contributed by atoms with Gasteiger partial charge in [-0.2, -0.15) is 0 Å². The van der Waals surface area contributed by atoms with Gasteiger partial charge in [0.25, 0.3) is 0 Å². The number of ether oxygens (including phenoxy) is 2.